The van der Waals surface area contributed by atoms with Crippen LogP contribution in [-0.2, 0) is 9.59 Å². The molecular formula is C21H19N3O4. The van der Waals surface area contributed by atoms with Gasteiger partial charge in [0.15, 0.2) is 5.76 Å². The molecule has 4 rings (SSSR count). The summed E-state index contributed by atoms with van der Waals surface area (Å²) in [5.41, 5.74) is 3.13. The summed E-state index contributed by atoms with van der Waals surface area (Å²) in [6.45, 7) is 1.37. The van der Waals surface area contributed by atoms with E-state index in [2.05, 4.69) is 10.6 Å². The fourth-order valence-corrected chi connectivity index (χ4v) is 3.67. The molecule has 4 N–H and O–H groups in total. The molecule has 3 aromatic rings. The number of hydrogen-bond acceptors (Lipinski definition) is 4. The molecule has 7 nitrogen and oxygen atoms in total. The van der Waals surface area contributed by atoms with Crippen LogP contribution in [0.15, 0.2) is 60.3 Å². The summed E-state index contributed by atoms with van der Waals surface area (Å²) >= 11 is 0. The molecule has 0 spiro atoms. The third-order valence-corrected chi connectivity index (χ3v) is 4.81. The van der Waals surface area contributed by atoms with Gasteiger partial charge >= 0.3 is 5.97 Å². The van der Waals surface area contributed by atoms with Crippen LogP contribution in [0.3, 0.4) is 0 Å². The SMILES string of the molecule is CC1NC(C(=O)NCC(=O)O)=C(O)c2c1c1ccccc1n2-c1ccccc1. The number of aliphatic hydroxyl groups is 1. The first-order valence-corrected chi connectivity index (χ1v) is 8.88. The van der Waals surface area contributed by atoms with Gasteiger partial charge in [0, 0.05) is 16.6 Å². The van der Waals surface area contributed by atoms with E-state index < -0.39 is 18.4 Å². The van der Waals surface area contributed by atoms with Crippen molar-refractivity contribution < 1.29 is 19.8 Å². The van der Waals surface area contributed by atoms with Crippen LogP contribution in [0.25, 0.3) is 22.3 Å². The van der Waals surface area contributed by atoms with Gasteiger partial charge in [-0.2, -0.15) is 0 Å². The Kier molecular flexibility index (Phi) is 4.27. The summed E-state index contributed by atoms with van der Waals surface area (Å²) in [6, 6.07) is 17.1. The average Bonchev–Trinajstić information content (AvgIpc) is 3.05. The molecule has 7 heteroatoms. The number of rotatable bonds is 4. The van der Waals surface area contributed by atoms with Crippen molar-refractivity contribution in [3.05, 3.63) is 71.6 Å². The van der Waals surface area contributed by atoms with Gasteiger partial charge in [0.05, 0.1) is 17.3 Å². The van der Waals surface area contributed by atoms with E-state index in [-0.39, 0.29) is 17.5 Å². The number of carbonyl (C=O) groups is 2. The minimum Gasteiger partial charge on any atom is -0.504 e. The molecule has 2 heterocycles. The molecule has 1 unspecified atom stereocenters. The number of nitrogens with zero attached hydrogens (tertiary/aromatic N) is 1. The third kappa shape index (κ3) is 2.77. The number of aromatic nitrogens is 1. The zero-order valence-electron chi connectivity index (χ0n) is 15.1. The zero-order chi connectivity index (χ0) is 19.8. The van der Waals surface area contributed by atoms with Gasteiger partial charge in [-0.05, 0) is 25.1 Å². The number of carboxylic acid groups (broad SMARTS) is 1. The summed E-state index contributed by atoms with van der Waals surface area (Å²) in [5.74, 6) is -2.03. The highest BCUT2D eigenvalue weighted by atomic mass is 16.4. The maximum Gasteiger partial charge on any atom is 0.322 e. The molecule has 0 saturated carbocycles. The van der Waals surface area contributed by atoms with Crippen LogP contribution in [0.1, 0.15) is 24.2 Å². The molecule has 0 saturated heterocycles. The Labute approximate surface area is 160 Å². The topological polar surface area (TPSA) is 104 Å². The maximum absolute atomic E-state index is 12.5. The lowest BCUT2D eigenvalue weighted by Gasteiger charge is -2.26. The Bertz CT molecular complexity index is 1120. The molecule has 1 aliphatic rings. The number of hydrogen-bond donors (Lipinski definition) is 4. The van der Waals surface area contributed by atoms with Gasteiger partial charge in [0.25, 0.3) is 5.91 Å². The first-order valence-electron chi connectivity index (χ1n) is 8.88. The monoisotopic (exact) mass is 377 g/mol. The molecule has 2 aromatic carbocycles. The van der Waals surface area contributed by atoms with Crippen molar-refractivity contribution in [1.29, 1.82) is 0 Å². The zero-order valence-corrected chi connectivity index (χ0v) is 15.1. The van der Waals surface area contributed by atoms with Gasteiger partial charge in [-0.15, -0.1) is 0 Å². The number of para-hydroxylation sites is 2. The highest BCUT2D eigenvalue weighted by molar-refractivity contribution is 6.03. The summed E-state index contributed by atoms with van der Waals surface area (Å²) in [6.07, 6.45) is 0. The number of aliphatic carboxylic acids is 1. The van der Waals surface area contributed by atoms with Gasteiger partial charge in [0.2, 0.25) is 0 Å². The van der Waals surface area contributed by atoms with Crippen molar-refractivity contribution in [2.24, 2.45) is 0 Å². The van der Waals surface area contributed by atoms with Gasteiger partial charge in [0.1, 0.15) is 12.2 Å². The van der Waals surface area contributed by atoms with Crippen LogP contribution in [0.5, 0.6) is 0 Å². The molecule has 28 heavy (non-hydrogen) atoms. The van der Waals surface area contributed by atoms with E-state index in [0.29, 0.717) is 5.69 Å². The van der Waals surface area contributed by atoms with Crippen LogP contribution in [0.2, 0.25) is 0 Å². The molecule has 0 fully saturated rings. The largest absolute Gasteiger partial charge is 0.504 e. The maximum atomic E-state index is 12.5. The average molecular weight is 377 g/mol. The summed E-state index contributed by atoms with van der Waals surface area (Å²) < 4.78 is 1.92. The van der Waals surface area contributed by atoms with Crippen molar-refractivity contribution in [3.63, 3.8) is 0 Å². The van der Waals surface area contributed by atoms with Crippen LogP contribution < -0.4 is 10.6 Å². The van der Waals surface area contributed by atoms with Crippen molar-refractivity contribution in [1.82, 2.24) is 15.2 Å². The first-order chi connectivity index (χ1) is 13.5. The fraction of sp³-hybridized carbons (Fsp3) is 0.143. The minimum atomic E-state index is -1.16. The fourth-order valence-electron chi connectivity index (χ4n) is 3.67. The quantitative estimate of drug-likeness (QED) is 0.560. The predicted molar refractivity (Wildman–Crippen MR) is 105 cm³/mol. The molecule has 0 aliphatic carbocycles. The van der Waals surface area contributed by atoms with Gasteiger partial charge in [-0.3, -0.25) is 9.59 Å². The van der Waals surface area contributed by atoms with Crippen molar-refractivity contribution in [2.45, 2.75) is 13.0 Å². The number of nitrogens with one attached hydrogen (secondary N) is 2. The van der Waals surface area contributed by atoms with Crippen molar-refractivity contribution in [2.75, 3.05) is 6.54 Å². The Morgan fingerprint density at radius 1 is 1.11 bits per heavy atom. The predicted octanol–water partition coefficient (Wildman–Crippen LogP) is 2.72. The minimum absolute atomic E-state index is 0.0405. The molecule has 142 valence electrons. The second-order valence-electron chi connectivity index (χ2n) is 6.62. The molecule has 1 amide bonds. The Morgan fingerprint density at radius 2 is 1.79 bits per heavy atom. The Hall–Kier alpha value is -3.74. The van der Waals surface area contributed by atoms with Gasteiger partial charge < -0.3 is 25.4 Å². The molecule has 1 aliphatic heterocycles. The number of benzene rings is 2. The smallest absolute Gasteiger partial charge is 0.322 e. The van der Waals surface area contributed by atoms with E-state index in [0.717, 1.165) is 22.2 Å². The molecule has 0 radical (unpaired) electrons. The van der Waals surface area contributed by atoms with Crippen LogP contribution in [0, 0.1) is 0 Å². The summed E-state index contributed by atoms with van der Waals surface area (Å²) in [5, 5.41) is 26.1. The number of aliphatic hydroxyl groups excluding tert-OH is 1. The van der Waals surface area contributed by atoms with Crippen LogP contribution in [0.4, 0.5) is 0 Å². The first kappa shape index (κ1) is 17.7. The van der Waals surface area contributed by atoms with Crippen LogP contribution >= 0.6 is 0 Å². The number of fused-ring (bicyclic) bond motifs is 3. The van der Waals surface area contributed by atoms with E-state index in [4.69, 9.17) is 5.11 Å². The van der Waals surface area contributed by atoms with E-state index in [1.54, 1.807) is 0 Å². The summed E-state index contributed by atoms with van der Waals surface area (Å²) in [7, 11) is 0. The third-order valence-electron chi connectivity index (χ3n) is 4.81. The van der Waals surface area contributed by atoms with E-state index in [1.165, 1.54) is 0 Å². The normalized spacial score (nSPS) is 15.8. The van der Waals surface area contributed by atoms with E-state index in [9.17, 15) is 14.7 Å². The lowest BCUT2D eigenvalue weighted by molar-refractivity contribution is -0.137. The molecular weight excluding hydrogens is 358 g/mol. The van der Waals surface area contributed by atoms with Crippen molar-refractivity contribution >= 4 is 28.5 Å². The Balaban J connectivity index is 1.96. The lowest BCUT2D eigenvalue weighted by Crippen LogP contribution is -2.38. The van der Waals surface area contributed by atoms with Crippen molar-refractivity contribution in [3.8, 4) is 5.69 Å². The second-order valence-corrected chi connectivity index (χ2v) is 6.62. The highest BCUT2D eigenvalue weighted by Gasteiger charge is 2.33. The number of carbonyl (C=O) groups excluding carboxylic acids is 1. The number of amides is 1. The van der Waals surface area contributed by atoms with Gasteiger partial charge in [-0.1, -0.05) is 36.4 Å². The van der Waals surface area contributed by atoms with E-state index in [1.807, 2.05) is 66.1 Å². The molecule has 0 bridgehead atoms. The highest BCUT2D eigenvalue weighted by Crippen LogP contribution is 2.40. The lowest BCUT2D eigenvalue weighted by atomic mass is 9.98. The van der Waals surface area contributed by atoms with Crippen LogP contribution in [-0.4, -0.2) is 33.2 Å². The Morgan fingerprint density at radius 3 is 2.50 bits per heavy atom. The second kappa shape index (κ2) is 6.77. The van der Waals surface area contributed by atoms with Gasteiger partial charge in [-0.25, -0.2) is 0 Å². The number of carboxylic acids is 1. The van der Waals surface area contributed by atoms with E-state index >= 15 is 0 Å². The standard InChI is InChI=1S/C21H19N3O4/c1-12-17-14-9-5-6-10-15(14)24(13-7-3-2-4-8-13)19(17)20(27)18(23-12)21(28)22-11-16(25)26/h2-10,12,23,27H,11H2,1H3,(H,22,28)(H,25,26). The molecule has 1 atom stereocenters. The summed E-state index contributed by atoms with van der Waals surface area (Å²) in [4.78, 5) is 23.2. The molecule has 1 aromatic heterocycles.